The Labute approximate surface area is 204 Å². The number of hydrogen-bond donors (Lipinski definition) is 0. The second kappa shape index (κ2) is 10.2. The molecule has 0 saturated carbocycles. The van der Waals surface area contributed by atoms with E-state index in [0.29, 0.717) is 6.92 Å². The zero-order valence-electron chi connectivity index (χ0n) is 18.2. The lowest BCUT2D eigenvalue weighted by Gasteiger charge is -2.45. The Morgan fingerprint density at radius 3 is 0.825 bits per heavy atom. The molecule has 0 spiro atoms. The molecule has 0 aromatic carbocycles. The Bertz CT molecular complexity index is 870. The van der Waals surface area contributed by atoms with Gasteiger partial charge in [-0.2, -0.15) is 87.8 Å². The molecule has 0 radical (unpaired) electrons. The Kier molecular flexibility index (Phi) is 9.81. The van der Waals surface area contributed by atoms with Gasteiger partial charge in [-0.05, 0) is 6.42 Å². The molecule has 0 fully saturated rings. The Hall–Kier alpha value is -1.68. The van der Waals surface area contributed by atoms with E-state index in [1.54, 1.807) is 0 Å². The second-order valence-corrected chi connectivity index (χ2v) is 7.83. The smallest absolute Gasteiger partial charge is 0.241 e. The lowest BCUT2D eigenvalue weighted by molar-refractivity contribution is -0.472. The molecule has 0 aromatic rings. The van der Waals surface area contributed by atoms with E-state index in [4.69, 9.17) is 0 Å². The topological polar surface area (TPSA) is 0 Å². The molecule has 0 N–H and O–H groups in total. The summed E-state index contributed by atoms with van der Waals surface area (Å²) < 4.78 is 320. The van der Waals surface area contributed by atoms with Gasteiger partial charge in [-0.25, -0.2) is 17.6 Å². The number of halogens is 24. The van der Waals surface area contributed by atoms with Crippen molar-refractivity contribution in [2.75, 3.05) is 0 Å². The maximum Gasteiger partial charge on any atom is 0.385 e. The lowest BCUT2D eigenvalue weighted by atomic mass is 9.84. The first kappa shape index (κ1) is 38.3. The van der Waals surface area contributed by atoms with Gasteiger partial charge in [0.1, 0.15) is 0 Å². The van der Waals surface area contributed by atoms with Gasteiger partial charge in [-0.3, -0.25) is 0 Å². The summed E-state index contributed by atoms with van der Waals surface area (Å²) in [5.74, 6) is -87.5. The molecular weight excluding hydrogens is 648 g/mol. The van der Waals surface area contributed by atoms with Gasteiger partial charge in [0.2, 0.25) is 6.17 Å². The molecule has 40 heavy (non-hydrogen) atoms. The monoisotopic (exact) mass is 658 g/mol. The van der Waals surface area contributed by atoms with Crippen LogP contribution in [0.4, 0.5) is 105 Å². The number of rotatable bonds is 14. The third-order valence-corrected chi connectivity index (χ3v) is 5.10. The van der Waals surface area contributed by atoms with Gasteiger partial charge < -0.3 is 0 Å². The third-order valence-electron chi connectivity index (χ3n) is 5.10. The van der Waals surface area contributed by atoms with Crippen molar-refractivity contribution in [3.8, 4) is 0 Å². The van der Waals surface area contributed by atoms with Crippen molar-refractivity contribution in [2.24, 2.45) is 0 Å². The van der Waals surface area contributed by atoms with E-state index < -0.39 is 90.8 Å². The zero-order chi connectivity index (χ0) is 33.1. The van der Waals surface area contributed by atoms with Crippen molar-refractivity contribution in [3.05, 3.63) is 0 Å². The van der Waals surface area contributed by atoms with Crippen LogP contribution in [-0.4, -0.2) is 78.0 Å². The van der Waals surface area contributed by atoms with Gasteiger partial charge in [-0.15, -0.1) is 0 Å². The van der Waals surface area contributed by atoms with Gasteiger partial charge >= 0.3 is 59.2 Å². The first-order valence-corrected chi connectivity index (χ1v) is 9.43. The molecule has 0 aliphatic carbocycles. The van der Waals surface area contributed by atoms with Crippen LogP contribution < -0.4 is 0 Å². The number of hydrogen-bond acceptors (Lipinski definition) is 0. The summed E-state index contributed by atoms with van der Waals surface area (Å²) in [6.45, 7) is 0.635. The van der Waals surface area contributed by atoms with Crippen molar-refractivity contribution in [3.63, 3.8) is 0 Å². The molecule has 2 atom stereocenters. The predicted molar refractivity (Wildman–Crippen MR) is 80.2 cm³/mol. The molecule has 0 saturated heterocycles. The highest BCUT2D eigenvalue weighted by atomic mass is 19.4. The fourth-order valence-electron chi connectivity index (χ4n) is 2.56. The van der Waals surface area contributed by atoms with Crippen molar-refractivity contribution in [2.45, 2.75) is 97.8 Å². The maximum absolute atomic E-state index is 13.6. The first-order chi connectivity index (χ1) is 17.1. The van der Waals surface area contributed by atoms with Crippen molar-refractivity contribution in [1.82, 2.24) is 0 Å². The molecule has 0 nitrogen and oxygen atoms in total. The van der Waals surface area contributed by atoms with E-state index in [1.165, 1.54) is 0 Å². The van der Waals surface area contributed by atoms with Crippen LogP contribution in [0.1, 0.15) is 19.8 Å². The Balaban J connectivity index is 7.18. The molecule has 2 unspecified atom stereocenters. The normalized spacial score (nSPS) is 17.9. The van der Waals surface area contributed by atoms with Crippen LogP contribution in [0.2, 0.25) is 0 Å². The SMILES string of the molecule is CCCC(F)C(F)(F)C(F)(F)C(F)(F)C(F)(F)C(F)(F)C(F)(F)C(F)(F)C(F)(F)C(F)(F)C(F)(F)C(F)C(F)F. The second-order valence-electron chi connectivity index (χ2n) is 7.83. The number of alkyl halides is 24. The molecule has 24 heteroatoms. The molecule has 0 amide bonds. The minimum absolute atomic E-state index is 0.635. The van der Waals surface area contributed by atoms with Crippen LogP contribution in [0, 0.1) is 0 Å². The van der Waals surface area contributed by atoms with Crippen molar-refractivity contribution >= 4 is 0 Å². The molecule has 0 heterocycles. The van der Waals surface area contributed by atoms with E-state index in [-0.39, 0.29) is 0 Å². The van der Waals surface area contributed by atoms with Crippen LogP contribution >= 0.6 is 0 Å². The molecule has 0 aliphatic rings. The van der Waals surface area contributed by atoms with Crippen LogP contribution in [0.5, 0.6) is 0 Å². The average Bonchev–Trinajstić information content (AvgIpc) is 2.77. The zero-order valence-corrected chi connectivity index (χ0v) is 18.2. The van der Waals surface area contributed by atoms with Crippen LogP contribution in [-0.2, 0) is 0 Å². The summed E-state index contributed by atoms with van der Waals surface area (Å²) in [5.41, 5.74) is 0. The minimum atomic E-state index is -9.39. The third kappa shape index (κ3) is 4.69. The first-order valence-electron chi connectivity index (χ1n) is 9.43. The van der Waals surface area contributed by atoms with E-state index in [1.807, 2.05) is 0 Å². The van der Waals surface area contributed by atoms with Gasteiger partial charge in [0, 0.05) is 0 Å². The van der Waals surface area contributed by atoms with E-state index in [2.05, 4.69) is 0 Å². The minimum Gasteiger partial charge on any atom is -0.241 e. The van der Waals surface area contributed by atoms with Crippen molar-refractivity contribution in [1.29, 1.82) is 0 Å². The molecule has 0 aliphatic heterocycles. The molecule has 0 bridgehead atoms. The van der Waals surface area contributed by atoms with Crippen LogP contribution in [0.25, 0.3) is 0 Å². The van der Waals surface area contributed by atoms with Gasteiger partial charge in [0.05, 0.1) is 0 Å². The van der Waals surface area contributed by atoms with E-state index in [0.717, 1.165) is 0 Å². The summed E-state index contributed by atoms with van der Waals surface area (Å²) in [7, 11) is 0. The van der Waals surface area contributed by atoms with E-state index >= 15 is 0 Å². The predicted octanol–water partition coefficient (Wildman–Crippen LogP) is 9.08. The van der Waals surface area contributed by atoms with Gasteiger partial charge in [-0.1, -0.05) is 13.3 Å². The molecule has 242 valence electrons. The summed E-state index contributed by atoms with van der Waals surface area (Å²) in [4.78, 5) is 0. The largest absolute Gasteiger partial charge is 0.385 e. The summed E-state index contributed by atoms with van der Waals surface area (Å²) in [6, 6.07) is 0. The van der Waals surface area contributed by atoms with Crippen LogP contribution in [0.3, 0.4) is 0 Å². The Morgan fingerprint density at radius 2 is 0.600 bits per heavy atom. The van der Waals surface area contributed by atoms with Crippen LogP contribution in [0.15, 0.2) is 0 Å². The molecule has 0 aromatic heterocycles. The highest BCUT2D eigenvalue weighted by Crippen LogP contribution is 2.66. The highest BCUT2D eigenvalue weighted by molar-refractivity contribution is 5.19. The standard InChI is InChI=1S/C16H10F24/c1-2-3-4(17)7(21,22)9(25,26)11(29,30)13(33,34)15(37,38)16(39,40)14(35,36)12(31,32)10(27,28)8(23,24)5(18)6(19)20/h4-6H,2-3H2,1H3. The fourth-order valence-corrected chi connectivity index (χ4v) is 2.56. The lowest BCUT2D eigenvalue weighted by Crippen LogP contribution is -2.77. The maximum atomic E-state index is 13.6. The summed E-state index contributed by atoms with van der Waals surface area (Å²) in [6.07, 6.45) is -19.3. The molecule has 0 rings (SSSR count). The summed E-state index contributed by atoms with van der Waals surface area (Å²) >= 11 is 0. The average molecular weight is 658 g/mol. The van der Waals surface area contributed by atoms with Gasteiger partial charge in [0.25, 0.3) is 6.43 Å². The molecular formula is C16H10F24. The van der Waals surface area contributed by atoms with E-state index in [9.17, 15) is 105 Å². The highest BCUT2D eigenvalue weighted by Gasteiger charge is 2.98. The quantitative estimate of drug-likeness (QED) is 0.164. The van der Waals surface area contributed by atoms with Gasteiger partial charge in [0.15, 0.2) is 6.17 Å². The van der Waals surface area contributed by atoms with Crippen molar-refractivity contribution < 1.29 is 105 Å². The fraction of sp³-hybridized carbons (Fsp3) is 1.00. The summed E-state index contributed by atoms with van der Waals surface area (Å²) in [5, 5.41) is 0. The Morgan fingerprint density at radius 1 is 0.375 bits per heavy atom.